The van der Waals surface area contributed by atoms with Gasteiger partial charge in [0.15, 0.2) is 0 Å². The van der Waals surface area contributed by atoms with Gasteiger partial charge in [-0.1, -0.05) is 25.6 Å². The highest BCUT2D eigenvalue weighted by Crippen LogP contribution is 2.17. The topological polar surface area (TPSA) is 52.6 Å². The molecule has 2 aromatic carbocycles. The van der Waals surface area contributed by atoms with Crippen LogP contribution in [-0.2, 0) is 11.2 Å². The summed E-state index contributed by atoms with van der Waals surface area (Å²) in [6, 6.07) is 13.5. The zero-order valence-electron chi connectivity index (χ0n) is 13.2. The fourth-order valence-corrected chi connectivity index (χ4v) is 1.81. The van der Waals surface area contributed by atoms with Gasteiger partial charge in [-0.05, 0) is 55.3 Å². The Balaban J connectivity index is 2.01. The molecule has 0 fully saturated rings. The highest BCUT2D eigenvalue weighted by molar-refractivity contribution is 5.91. The third kappa shape index (κ3) is 4.54. The Bertz CT molecular complexity index is 712. The van der Waals surface area contributed by atoms with Crippen molar-refractivity contribution in [2.24, 2.45) is 0 Å². The van der Waals surface area contributed by atoms with Crippen molar-refractivity contribution in [2.45, 2.75) is 20.3 Å². The van der Waals surface area contributed by atoms with E-state index in [-0.39, 0.29) is 0 Å². The summed E-state index contributed by atoms with van der Waals surface area (Å²) in [6.07, 6.45) is 0.929. The summed E-state index contributed by atoms with van der Waals surface area (Å²) in [7, 11) is 0. The molecule has 0 saturated carbocycles. The van der Waals surface area contributed by atoms with E-state index in [0.29, 0.717) is 22.6 Å². The van der Waals surface area contributed by atoms with E-state index in [1.807, 2.05) is 12.1 Å². The summed E-state index contributed by atoms with van der Waals surface area (Å²) >= 11 is 0. The van der Waals surface area contributed by atoms with Crippen LogP contribution in [0.4, 0.5) is 0 Å². The molecule has 0 bridgehead atoms. The standard InChI is InChI=1S/C19H18O4/c1-4-14-5-9-16(10-6-14)23-19(21)15-7-11-17(12-8-15)22-18(20)13(2)3/h5-12H,2,4H2,1,3H3. The Morgan fingerprint density at radius 1 is 0.913 bits per heavy atom. The Labute approximate surface area is 135 Å². The quantitative estimate of drug-likeness (QED) is 0.477. The highest BCUT2D eigenvalue weighted by Gasteiger charge is 2.10. The zero-order chi connectivity index (χ0) is 16.8. The predicted octanol–water partition coefficient (Wildman–Crippen LogP) is 3.95. The predicted molar refractivity (Wildman–Crippen MR) is 87.7 cm³/mol. The number of hydrogen-bond acceptors (Lipinski definition) is 4. The molecule has 0 radical (unpaired) electrons. The molecule has 0 saturated heterocycles. The van der Waals surface area contributed by atoms with Crippen LogP contribution in [-0.4, -0.2) is 11.9 Å². The van der Waals surface area contributed by atoms with Gasteiger partial charge >= 0.3 is 11.9 Å². The van der Waals surface area contributed by atoms with Gasteiger partial charge in [-0.25, -0.2) is 9.59 Å². The summed E-state index contributed by atoms with van der Waals surface area (Å²) < 4.78 is 10.4. The van der Waals surface area contributed by atoms with Crippen LogP contribution in [0.15, 0.2) is 60.7 Å². The van der Waals surface area contributed by atoms with E-state index < -0.39 is 11.9 Å². The van der Waals surface area contributed by atoms with E-state index in [1.54, 1.807) is 31.2 Å². The molecule has 4 nitrogen and oxygen atoms in total. The van der Waals surface area contributed by atoms with E-state index in [9.17, 15) is 9.59 Å². The molecular weight excluding hydrogens is 292 g/mol. The van der Waals surface area contributed by atoms with Crippen molar-refractivity contribution in [2.75, 3.05) is 0 Å². The molecule has 0 aliphatic heterocycles. The number of aryl methyl sites for hydroxylation is 1. The monoisotopic (exact) mass is 310 g/mol. The van der Waals surface area contributed by atoms with Crippen molar-refractivity contribution >= 4 is 11.9 Å². The molecule has 0 spiro atoms. The maximum absolute atomic E-state index is 12.1. The molecule has 0 aliphatic carbocycles. The zero-order valence-corrected chi connectivity index (χ0v) is 13.2. The van der Waals surface area contributed by atoms with Crippen LogP contribution in [0.1, 0.15) is 29.8 Å². The molecule has 23 heavy (non-hydrogen) atoms. The van der Waals surface area contributed by atoms with Crippen LogP contribution in [0.3, 0.4) is 0 Å². The van der Waals surface area contributed by atoms with Gasteiger partial charge in [0.25, 0.3) is 0 Å². The molecule has 0 unspecified atom stereocenters. The van der Waals surface area contributed by atoms with Gasteiger partial charge in [0.2, 0.25) is 0 Å². The lowest BCUT2D eigenvalue weighted by atomic mass is 10.2. The SMILES string of the molecule is C=C(C)C(=O)Oc1ccc(C(=O)Oc2ccc(CC)cc2)cc1. The average molecular weight is 310 g/mol. The second-order valence-corrected chi connectivity index (χ2v) is 5.08. The minimum absolute atomic E-state index is 0.309. The second kappa shape index (κ2) is 7.40. The molecule has 0 aromatic heterocycles. The van der Waals surface area contributed by atoms with Crippen molar-refractivity contribution in [3.05, 3.63) is 71.8 Å². The Hall–Kier alpha value is -2.88. The first-order valence-electron chi connectivity index (χ1n) is 7.28. The van der Waals surface area contributed by atoms with Crippen LogP contribution >= 0.6 is 0 Å². The van der Waals surface area contributed by atoms with E-state index in [1.165, 1.54) is 17.7 Å². The lowest BCUT2D eigenvalue weighted by Gasteiger charge is -2.07. The summed E-state index contributed by atoms with van der Waals surface area (Å²) in [6.45, 7) is 7.13. The van der Waals surface area contributed by atoms with E-state index in [2.05, 4.69) is 13.5 Å². The van der Waals surface area contributed by atoms with Gasteiger partial charge in [0, 0.05) is 5.57 Å². The Kier molecular flexibility index (Phi) is 5.31. The van der Waals surface area contributed by atoms with Crippen molar-refractivity contribution in [3.8, 4) is 11.5 Å². The summed E-state index contributed by atoms with van der Waals surface area (Å²) in [5.41, 5.74) is 1.86. The van der Waals surface area contributed by atoms with Crippen molar-refractivity contribution < 1.29 is 19.1 Å². The van der Waals surface area contributed by atoms with E-state index in [4.69, 9.17) is 9.47 Å². The molecule has 118 valence electrons. The van der Waals surface area contributed by atoms with Crippen molar-refractivity contribution in [3.63, 3.8) is 0 Å². The molecule has 0 aliphatic rings. The lowest BCUT2D eigenvalue weighted by Crippen LogP contribution is -2.10. The number of esters is 2. The first kappa shape index (κ1) is 16.5. The second-order valence-electron chi connectivity index (χ2n) is 5.08. The smallest absolute Gasteiger partial charge is 0.343 e. The summed E-state index contributed by atoms with van der Waals surface area (Å²) in [4.78, 5) is 23.5. The third-order valence-corrected chi connectivity index (χ3v) is 3.19. The summed E-state index contributed by atoms with van der Waals surface area (Å²) in [5, 5.41) is 0. The molecular formula is C19H18O4. The minimum atomic E-state index is -0.503. The number of benzene rings is 2. The van der Waals surface area contributed by atoms with Crippen LogP contribution in [0.2, 0.25) is 0 Å². The molecule has 0 N–H and O–H groups in total. The normalized spacial score (nSPS) is 10.0. The number of hydrogen-bond donors (Lipinski definition) is 0. The van der Waals surface area contributed by atoms with Crippen molar-refractivity contribution in [1.29, 1.82) is 0 Å². The number of ether oxygens (including phenoxy) is 2. The van der Waals surface area contributed by atoms with Gasteiger partial charge < -0.3 is 9.47 Å². The third-order valence-electron chi connectivity index (χ3n) is 3.19. The maximum atomic E-state index is 12.1. The molecule has 2 rings (SSSR count). The van der Waals surface area contributed by atoms with Crippen LogP contribution in [0.25, 0.3) is 0 Å². The molecule has 0 amide bonds. The van der Waals surface area contributed by atoms with Crippen LogP contribution in [0, 0.1) is 0 Å². The van der Waals surface area contributed by atoms with Gasteiger partial charge in [0.1, 0.15) is 11.5 Å². The maximum Gasteiger partial charge on any atom is 0.343 e. The van der Waals surface area contributed by atoms with Gasteiger partial charge in [-0.3, -0.25) is 0 Å². The number of rotatable bonds is 5. The molecule has 0 atom stereocenters. The van der Waals surface area contributed by atoms with Gasteiger partial charge in [-0.2, -0.15) is 0 Å². The molecule has 2 aromatic rings. The Morgan fingerprint density at radius 3 is 1.96 bits per heavy atom. The first-order valence-corrected chi connectivity index (χ1v) is 7.28. The minimum Gasteiger partial charge on any atom is -0.423 e. The first-order chi connectivity index (χ1) is 11.0. The van der Waals surface area contributed by atoms with E-state index in [0.717, 1.165) is 6.42 Å². The highest BCUT2D eigenvalue weighted by atomic mass is 16.5. The molecule has 4 heteroatoms. The number of carbonyl (C=O) groups excluding carboxylic acids is 2. The van der Waals surface area contributed by atoms with Gasteiger partial charge in [0.05, 0.1) is 5.56 Å². The average Bonchev–Trinajstić information content (AvgIpc) is 2.56. The number of carbonyl (C=O) groups is 2. The Morgan fingerprint density at radius 2 is 1.43 bits per heavy atom. The van der Waals surface area contributed by atoms with Crippen molar-refractivity contribution in [1.82, 2.24) is 0 Å². The lowest BCUT2D eigenvalue weighted by molar-refractivity contribution is -0.130. The largest absolute Gasteiger partial charge is 0.423 e. The van der Waals surface area contributed by atoms with Gasteiger partial charge in [-0.15, -0.1) is 0 Å². The van der Waals surface area contributed by atoms with Crippen LogP contribution < -0.4 is 9.47 Å². The van der Waals surface area contributed by atoms with E-state index >= 15 is 0 Å². The molecule has 0 heterocycles. The fraction of sp³-hybridized carbons (Fsp3) is 0.158. The fourth-order valence-electron chi connectivity index (χ4n) is 1.81. The van der Waals surface area contributed by atoms with Crippen LogP contribution in [0.5, 0.6) is 11.5 Å². The summed E-state index contributed by atoms with van der Waals surface area (Å²) in [5.74, 6) is -0.129.